The summed E-state index contributed by atoms with van der Waals surface area (Å²) >= 11 is 4.80. The fourth-order valence-corrected chi connectivity index (χ4v) is 2.96. The van der Waals surface area contributed by atoms with Gasteiger partial charge in [-0.2, -0.15) is 0 Å². The van der Waals surface area contributed by atoms with Crippen LogP contribution in [0.2, 0.25) is 0 Å². The van der Waals surface area contributed by atoms with Gasteiger partial charge in [0.15, 0.2) is 0 Å². The highest BCUT2D eigenvalue weighted by Gasteiger charge is 2.18. The van der Waals surface area contributed by atoms with E-state index >= 15 is 0 Å². The number of nitrogens with one attached hydrogen (secondary N) is 1. The standard InChI is InChI=1S/C10H11I2N/c11-7-3-4-9(12)8(6-7)10-2-1-5-13-10/h3-4,6,10,13H,1-2,5H2. The van der Waals surface area contributed by atoms with Gasteiger partial charge in [-0.05, 0) is 88.3 Å². The Morgan fingerprint density at radius 3 is 2.85 bits per heavy atom. The summed E-state index contributed by atoms with van der Waals surface area (Å²) in [6.45, 7) is 1.17. The number of hydrogen-bond donors (Lipinski definition) is 1. The van der Waals surface area contributed by atoms with Crippen LogP contribution in [0.25, 0.3) is 0 Å². The molecule has 1 aliphatic rings. The molecule has 1 heterocycles. The zero-order valence-corrected chi connectivity index (χ0v) is 11.5. The van der Waals surface area contributed by atoms with E-state index in [2.05, 4.69) is 68.7 Å². The quantitative estimate of drug-likeness (QED) is 0.715. The molecule has 1 atom stereocenters. The van der Waals surface area contributed by atoms with Gasteiger partial charge in [0, 0.05) is 13.2 Å². The van der Waals surface area contributed by atoms with Crippen molar-refractivity contribution in [2.24, 2.45) is 0 Å². The van der Waals surface area contributed by atoms with Crippen LogP contribution in [-0.4, -0.2) is 6.54 Å². The molecule has 0 radical (unpaired) electrons. The van der Waals surface area contributed by atoms with Crippen LogP contribution < -0.4 is 5.32 Å². The highest BCUT2D eigenvalue weighted by atomic mass is 127. The highest BCUT2D eigenvalue weighted by molar-refractivity contribution is 14.1. The molecular weight excluding hydrogens is 388 g/mol. The molecule has 70 valence electrons. The molecule has 0 aliphatic carbocycles. The molecular formula is C10H11I2N. The summed E-state index contributed by atoms with van der Waals surface area (Å²) in [5.74, 6) is 0. The lowest BCUT2D eigenvalue weighted by Crippen LogP contribution is -2.14. The number of halogens is 2. The van der Waals surface area contributed by atoms with Gasteiger partial charge in [-0.1, -0.05) is 0 Å². The molecule has 0 aromatic heterocycles. The Morgan fingerprint density at radius 2 is 2.15 bits per heavy atom. The van der Waals surface area contributed by atoms with Gasteiger partial charge in [0.25, 0.3) is 0 Å². The topological polar surface area (TPSA) is 12.0 Å². The van der Waals surface area contributed by atoms with Crippen molar-refractivity contribution in [2.45, 2.75) is 18.9 Å². The number of rotatable bonds is 1. The first kappa shape index (κ1) is 10.2. The summed E-state index contributed by atoms with van der Waals surface area (Å²) in [5, 5.41) is 3.53. The first-order chi connectivity index (χ1) is 6.27. The smallest absolute Gasteiger partial charge is 0.0331 e. The second kappa shape index (κ2) is 4.44. The first-order valence-electron chi connectivity index (χ1n) is 4.46. The third-order valence-corrected chi connectivity index (χ3v) is 4.05. The number of hydrogen-bond acceptors (Lipinski definition) is 1. The van der Waals surface area contributed by atoms with Gasteiger partial charge in [0.05, 0.1) is 0 Å². The third kappa shape index (κ3) is 2.36. The predicted molar refractivity (Wildman–Crippen MR) is 71.9 cm³/mol. The van der Waals surface area contributed by atoms with E-state index in [0.29, 0.717) is 6.04 Å². The minimum atomic E-state index is 0.599. The Bertz CT molecular complexity index is 306. The zero-order valence-electron chi connectivity index (χ0n) is 7.19. The molecule has 1 aliphatic heterocycles. The molecule has 1 aromatic carbocycles. The van der Waals surface area contributed by atoms with Crippen molar-refractivity contribution in [1.82, 2.24) is 5.32 Å². The summed E-state index contributed by atoms with van der Waals surface area (Å²) in [6, 6.07) is 7.27. The fourth-order valence-electron chi connectivity index (χ4n) is 1.73. The molecule has 1 saturated heterocycles. The summed E-state index contributed by atoms with van der Waals surface area (Å²) < 4.78 is 2.72. The van der Waals surface area contributed by atoms with Crippen LogP contribution in [0.3, 0.4) is 0 Å². The SMILES string of the molecule is Ic1ccc(I)c(C2CCCN2)c1. The lowest BCUT2D eigenvalue weighted by molar-refractivity contribution is 0.644. The molecule has 1 nitrogen and oxygen atoms in total. The Kier molecular flexibility index (Phi) is 3.47. The van der Waals surface area contributed by atoms with Crippen LogP contribution in [0, 0.1) is 7.14 Å². The van der Waals surface area contributed by atoms with Gasteiger partial charge in [0.1, 0.15) is 0 Å². The molecule has 0 spiro atoms. The normalized spacial score (nSPS) is 22.2. The molecule has 1 fully saturated rings. The third-order valence-electron chi connectivity index (χ3n) is 2.39. The minimum absolute atomic E-state index is 0.599. The van der Waals surface area contributed by atoms with Crippen LogP contribution in [0.15, 0.2) is 18.2 Å². The van der Waals surface area contributed by atoms with Crippen molar-refractivity contribution in [2.75, 3.05) is 6.54 Å². The molecule has 1 N–H and O–H groups in total. The summed E-state index contributed by atoms with van der Waals surface area (Å²) in [4.78, 5) is 0. The maximum Gasteiger partial charge on any atom is 0.0331 e. The Labute approximate surface area is 106 Å². The molecule has 0 saturated carbocycles. The molecule has 1 aromatic rings. The van der Waals surface area contributed by atoms with Crippen molar-refractivity contribution >= 4 is 45.2 Å². The van der Waals surface area contributed by atoms with E-state index in [1.54, 1.807) is 0 Å². The fraction of sp³-hybridized carbons (Fsp3) is 0.400. The predicted octanol–water partition coefficient (Wildman–Crippen LogP) is 3.32. The van der Waals surface area contributed by atoms with Crippen LogP contribution in [0.4, 0.5) is 0 Å². The van der Waals surface area contributed by atoms with Crippen LogP contribution in [0.5, 0.6) is 0 Å². The summed E-state index contributed by atoms with van der Waals surface area (Å²) in [7, 11) is 0. The van der Waals surface area contributed by atoms with Crippen molar-refractivity contribution in [3.63, 3.8) is 0 Å². The van der Waals surface area contributed by atoms with Gasteiger partial charge in [-0.25, -0.2) is 0 Å². The van der Waals surface area contributed by atoms with Crippen LogP contribution in [0.1, 0.15) is 24.4 Å². The average Bonchev–Trinajstić information content (AvgIpc) is 2.61. The van der Waals surface area contributed by atoms with Crippen molar-refractivity contribution in [1.29, 1.82) is 0 Å². The molecule has 3 heteroatoms. The maximum absolute atomic E-state index is 3.53. The van der Waals surface area contributed by atoms with Crippen molar-refractivity contribution < 1.29 is 0 Å². The zero-order chi connectivity index (χ0) is 9.26. The highest BCUT2D eigenvalue weighted by Crippen LogP contribution is 2.28. The van der Waals surface area contributed by atoms with Crippen molar-refractivity contribution in [3.8, 4) is 0 Å². The monoisotopic (exact) mass is 399 g/mol. The second-order valence-electron chi connectivity index (χ2n) is 3.31. The summed E-state index contributed by atoms with van der Waals surface area (Å²) in [6.07, 6.45) is 2.60. The van der Waals surface area contributed by atoms with Crippen LogP contribution in [-0.2, 0) is 0 Å². The maximum atomic E-state index is 3.53. The van der Waals surface area contributed by atoms with Crippen LogP contribution >= 0.6 is 45.2 Å². The molecule has 1 unspecified atom stereocenters. The molecule has 0 amide bonds. The van der Waals surface area contributed by atoms with E-state index in [-0.39, 0.29) is 0 Å². The Morgan fingerprint density at radius 1 is 1.31 bits per heavy atom. The average molecular weight is 399 g/mol. The van der Waals surface area contributed by atoms with Gasteiger partial charge in [0.2, 0.25) is 0 Å². The van der Waals surface area contributed by atoms with Gasteiger partial charge < -0.3 is 5.32 Å². The summed E-state index contributed by atoms with van der Waals surface area (Å²) in [5.41, 5.74) is 1.48. The van der Waals surface area contributed by atoms with Gasteiger partial charge >= 0.3 is 0 Å². The van der Waals surface area contributed by atoms with E-state index in [0.717, 1.165) is 0 Å². The lowest BCUT2D eigenvalue weighted by Gasteiger charge is -2.12. The number of benzene rings is 1. The Hall–Kier alpha value is 0.640. The van der Waals surface area contributed by atoms with E-state index in [9.17, 15) is 0 Å². The largest absolute Gasteiger partial charge is 0.310 e. The minimum Gasteiger partial charge on any atom is -0.310 e. The van der Waals surface area contributed by atoms with E-state index in [4.69, 9.17) is 0 Å². The van der Waals surface area contributed by atoms with Gasteiger partial charge in [-0.3, -0.25) is 0 Å². The van der Waals surface area contributed by atoms with Crippen molar-refractivity contribution in [3.05, 3.63) is 30.9 Å². The van der Waals surface area contributed by atoms with E-state index < -0.39 is 0 Å². The Balaban J connectivity index is 2.32. The van der Waals surface area contributed by atoms with Gasteiger partial charge in [-0.15, -0.1) is 0 Å². The van der Waals surface area contributed by atoms with E-state index in [1.807, 2.05) is 0 Å². The lowest BCUT2D eigenvalue weighted by atomic mass is 10.1. The first-order valence-corrected chi connectivity index (χ1v) is 6.61. The van der Waals surface area contributed by atoms with E-state index in [1.165, 1.54) is 32.1 Å². The molecule has 2 rings (SSSR count). The molecule has 13 heavy (non-hydrogen) atoms. The second-order valence-corrected chi connectivity index (χ2v) is 5.72. The molecule has 0 bridgehead atoms.